The van der Waals surface area contributed by atoms with Crippen molar-refractivity contribution in [3.63, 3.8) is 0 Å². The second-order valence-electron chi connectivity index (χ2n) is 6.55. The molecular weight excluding hydrogens is 406 g/mol. The highest BCUT2D eigenvalue weighted by Gasteiger charge is 2.33. The van der Waals surface area contributed by atoms with Crippen LogP contribution < -0.4 is 0 Å². The molecule has 0 spiro atoms. The Morgan fingerprint density at radius 3 is 2.24 bits per heavy atom. The van der Waals surface area contributed by atoms with Gasteiger partial charge in [0.15, 0.2) is 0 Å². The van der Waals surface area contributed by atoms with Crippen LogP contribution in [0.4, 0.5) is 5.69 Å². The van der Waals surface area contributed by atoms with Crippen molar-refractivity contribution >= 4 is 58.1 Å². The Morgan fingerprint density at radius 2 is 1.72 bits per heavy atom. The zero-order chi connectivity index (χ0) is 19.2. The van der Waals surface area contributed by atoms with Gasteiger partial charge in [-0.15, -0.1) is 0 Å². The zero-order valence-electron chi connectivity index (χ0n) is 14.7. The van der Waals surface area contributed by atoms with Gasteiger partial charge in [0.1, 0.15) is 5.69 Å². The molecule has 0 amide bonds. The van der Waals surface area contributed by atoms with Crippen LogP contribution in [0.1, 0.15) is 40.5 Å². The van der Waals surface area contributed by atoms with Gasteiger partial charge in [0, 0.05) is 5.02 Å². The molecule has 0 aliphatic heterocycles. The summed E-state index contributed by atoms with van der Waals surface area (Å²) in [7, 11) is 0. The quantitative estimate of drug-likeness (QED) is 0.189. The highest BCUT2D eigenvalue weighted by molar-refractivity contribution is 6.41. The summed E-state index contributed by atoms with van der Waals surface area (Å²) < 4.78 is 5.26. The number of carbonyl (C=O) groups is 1. The van der Waals surface area contributed by atoms with Gasteiger partial charge in [0.05, 0.1) is 16.7 Å². The van der Waals surface area contributed by atoms with Crippen molar-refractivity contribution in [2.75, 3.05) is 6.61 Å². The van der Waals surface area contributed by atoms with Crippen LogP contribution in [-0.2, 0) is 9.53 Å². The lowest BCUT2D eigenvalue weighted by atomic mass is 10.0. The molecule has 1 rings (SSSR count). The molecule has 140 valence electrons. The summed E-state index contributed by atoms with van der Waals surface area (Å²) in [5.41, 5.74) is 0.192. The minimum absolute atomic E-state index is 0.192. The lowest BCUT2D eigenvalue weighted by Gasteiger charge is -2.18. The van der Waals surface area contributed by atoms with E-state index in [0.29, 0.717) is 10.9 Å². The van der Waals surface area contributed by atoms with Crippen LogP contribution in [0.15, 0.2) is 22.4 Å². The Labute approximate surface area is 168 Å². The first kappa shape index (κ1) is 22.5. The summed E-state index contributed by atoms with van der Waals surface area (Å²) in [4.78, 5) is 10.5. The normalized spacial score (nSPS) is 15.4. The van der Waals surface area contributed by atoms with Gasteiger partial charge in [-0.25, -0.2) is 4.79 Å². The first-order chi connectivity index (χ1) is 11.5. The number of benzene rings is 1. The highest BCUT2D eigenvalue weighted by Crippen LogP contribution is 2.37. The fourth-order valence-corrected chi connectivity index (χ4v) is 2.85. The van der Waals surface area contributed by atoms with Crippen molar-refractivity contribution in [3.05, 3.63) is 27.2 Å². The Bertz CT molecular complexity index is 610. The van der Waals surface area contributed by atoms with E-state index >= 15 is 0 Å². The van der Waals surface area contributed by atoms with Crippen molar-refractivity contribution in [3.8, 4) is 0 Å². The Morgan fingerprint density at radius 1 is 1.16 bits per heavy atom. The maximum atomic E-state index is 12.2. The monoisotopic (exact) mass is 426 g/mol. The van der Waals surface area contributed by atoms with E-state index in [4.69, 9.17) is 51.1 Å². The SMILES string of the molecule is CC(C)CCC(C)COC(=O)C(C)(Cl)/N=N/c1c(Cl)cc(Cl)cc1Cl. The molecule has 0 aliphatic rings. The molecule has 0 radical (unpaired) electrons. The number of azo groups is 1. The van der Waals surface area contributed by atoms with Crippen molar-refractivity contribution in [2.24, 2.45) is 22.1 Å². The van der Waals surface area contributed by atoms with Gasteiger partial charge in [0.2, 0.25) is 5.00 Å². The number of alkyl halides is 1. The highest BCUT2D eigenvalue weighted by atomic mass is 35.5. The topological polar surface area (TPSA) is 51.0 Å². The maximum Gasteiger partial charge on any atom is 0.351 e. The molecule has 1 aromatic carbocycles. The maximum absolute atomic E-state index is 12.2. The fourth-order valence-electron chi connectivity index (χ4n) is 1.87. The number of halogens is 4. The second kappa shape index (κ2) is 9.96. The first-order valence-corrected chi connectivity index (χ1v) is 9.47. The molecule has 0 saturated heterocycles. The average Bonchev–Trinajstić information content (AvgIpc) is 2.49. The average molecular weight is 428 g/mol. The van der Waals surface area contributed by atoms with Crippen LogP contribution >= 0.6 is 46.4 Å². The molecule has 0 heterocycles. The summed E-state index contributed by atoms with van der Waals surface area (Å²) in [6.45, 7) is 8.02. The third-order valence-electron chi connectivity index (χ3n) is 3.43. The van der Waals surface area contributed by atoms with E-state index in [0.717, 1.165) is 12.8 Å². The molecule has 0 bridgehead atoms. The van der Waals surface area contributed by atoms with Gasteiger partial charge in [-0.05, 0) is 37.3 Å². The van der Waals surface area contributed by atoms with Crippen LogP contribution in [-0.4, -0.2) is 17.6 Å². The molecule has 0 aliphatic carbocycles. The molecule has 2 atom stereocenters. The van der Waals surface area contributed by atoms with E-state index in [-0.39, 0.29) is 28.3 Å². The first-order valence-electron chi connectivity index (χ1n) is 7.96. The van der Waals surface area contributed by atoms with Gasteiger partial charge in [-0.3, -0.25) is 0 Å². The second-order valence-corrected chi connectivity index (χ2v) is 8.53. The smallest absolute Gasteiger partial charge is 0.351 e. The van der Waals surface area contributed by atoms with E-state index in [1.54, 1.807) is 0 Å². The van der Waals surface area contributed by atoms with Gasteiger partial charge in [-0.2, -0.15) is 10.2 Å². The number of rotatable bonds is 8. The lowest BCUT2D eigenvalue weighted by Crippen LogP contribution is -2.30. The van der Waals surface area contributed by atoms with E-state index in [9.17, 15) is 4.79 Å². The van der Waals surface area contributed by atoms with Crippen LogP contribution in [0.25, 0.3) is 0 Å². The molecule has 25 heavy (non-hydrogen) atoms. The predicted molar refractivity (Wildman–Crippen MR) is 104 cm³/mol. The van der Waals surface area contributed by atoms with E-state index < -0.39 is 11.0 Å². The number of hydrogen-bond donors (Lipinski definition) is 0. The number of carbonyl (C=O) groups excluding carboxylic acids is 1. The van der Waals surface area contributed by atoms with Crippen LogP contribution in [0, 0.1) is 11.8 Å². The molecule has 0 saturated carbocycles. The minimum atomic E-state index is -1.66. The van der Waals surface area contributed by atoms with Crippen LogP contribution in [0.5, 0.6) is 0 Å². The van der Waals surface area contributed by atoms with Gasteiger partial charge < -0.3 is 4.74 Å². The standard InChI is InChI=1S/C17H22Cl4N2O2/c1-10(2)5-6-11(3)9-25-16(24)17(4,21)23-22-15-13(19)7-12(18)8-14(15)20/h7-8,10-11H,5-6,9H2,1-4H3/b23-22+. The Kier molecular flexibility index (Phi) is 8.96. The third-order valence-corrected chi connectivity index (χ3v) is 4.45. The van der Waals surface area contributed by atoms with Gasteiger partial charge in [-0.1, -0.05) is 73.6 Å². The van der Waals surface area contributed by atoms with Crippen molar-refractivity contribution in [2.45, 2.75) is 45.5 Å². The van der Waals surface area contributed by atoms with E-state index in [2.05, 4.69) is 24.1 Å². The largest absolute Gasteiger partial charge is 0.463 e. The van der Waals surface area contributed by atoms with E-state index in [1.807, 2.05) is 6.92 Å². The van der Waals surface area contributed by atoms with Crippen molar-refractivity contribution < 1.29 is 9.53 Å². The predicted octanol–water partition coefficient (Wildman–Crippen LogP) is 7.30. The van der Waals surface area contributed by atoms with Crippen LogP contribution in [0.3, 0.4) is 0 Å². The molecule has 2 unspecified atom stereocenters. The third kappa shape index (κ3) is 7.69. The van der Waals surface area contributed by atoms with Gasteiger partial charge in [0.25, 0.3) is 0 Å². The molecule has 8 heteroatoms. The molecule has 4 nitrogen and oxygen atoms in total. The number of ether oxygens (including phenoxy) is 1. The van der Waals surface area contributed by atoms with Crippen molar-refractivity contribution in [1.29, 1.82) is 0 Å². The molecule has 0 fully saturated rings. The van der Waals surface area contributed by atoms with Gasteiger partial charge >= 0.3 is 5.97 Å². The lowest BCUT2D eigenvalue weighted by molar-refractivity contribution is -0.147. The summed E-state index contributed by atoms with van der Waals surface area (Å²) in [6.07, 6.45) is 2.05. The van der Waals surface area contributed by atoms with Crippen LogP contribution in [0.2, 0.25) is 15.1 Å². The zero-order valence-corrected chi connectivity index (χ0v) is 17.7. The number of hydrogen-bond acceptors (Lipinski definition) is 4. The Hall–Kier alpha value is -0.550. The summed E-state index contributed by atoms with van der Waals surface area (Å²) in [6, 6.07) is 2.95. The number of esters is 1. The summed E-state index contributed by atoms with van der Waals surface area (Å²) in [5, 5.41) is 8.53. The minimum Gasteiger partial charge on any atom is -0.463 e. The number of nitrogens with zero attached hydrogens (tertiary/aromatic N) is 2. The fraction of sp³-hybridized carbons (Fsp3) is 0.588. The van der Waals surface area contributed by atoms with Crippen molar-refractivity contribution in [1.82, 2.24) is 0 Å². The van der Waals surface area contributed by atoms with E-state index in [1.165, 1.54) is 19.1 Å². The Balaban J connectivity index is 2.69. The molecule has 1 aromatic rings. The molecular formula is C17H22Cl4N2O2. The summed E-state index contributed by atoms with van der Waals surface area (Å²) >= 11 is 24.0. The molecule has 0 N–H and O–H groups in total. The summed E-state index contributed by atoms with van der Waals surface area (Å²) in [5.74, 6) is 0.186. The molecule has 0 aromatic heterocycles.